The predicted molar refractivity (Wildman–Crippen MR) is 65.3 cm³/mol. The van der Waals surface area contributed by atoms with E-state index in [0.717, 1.165) is 6.42 Å². The van der Waals surface area contributed by atoms with Crippen LogP contribution in [0.1, 0.15) is 44.9 Å². The number of nitrogens with one attached hydrogen (secondary N) is 1. The van der Waals surface area contributed by atoms with Gasteiger partial charge in [0, 0.05) is 0 Å². The Morgan fingerprint density at radius 1 is 1.20 bits per heavy atom. The van der Waals surface area contributed by atoms with Crippen LogP contribution >= 0.6 is 0 Å². The third kappa shape index (κ3) is 3.05. The number of hydrazine groups is 1. The maximum absolute atomic E-state index is 5.61. The molecule has 1 aromatic rings. The Bertz CT molecular complexity index is 295. The molecule has 1 atom stereocenters. The van der Waals surface area contributed by atoms with E-state index in [1.54, 1.807) is 0 Å². The summed E-state index contributed by atoms with van der Waals surface area (Å²) in [6, 6.07) is 8.86. The van der Waals surface area contributed by atoms with Crippen molar-refractivity contribution >= 4 is 0 Å². The van der Waals surface area contributed by atoms with Crippen LogP contribution < -0.4 is 11.3 Å². The van der Waals surface area contributed by atoms with Crippen LogP contribution in [0.4, 0.5) is 0 Å². The van der Waals surface area contributed by atoms with E-state index in [1.165, 1.54) is 11.1 Å². The number of rotatable bonds is 3. The molecule has 0 aliphatic heterocycles. The van der Waals surface area contributed by atoms with Gasteiger partial charge >= 0.3 is 0 Å². The molecule has 2 nitrogen and oxygen atoms in total. The van der Waals surface area contributed by atoms with E-state index in [-0.39, 0.29) is 11.5 Å². The average Bonchev–Trinajstić information content (AvgIpc) is 2.18. The molecular formula is C13H22N2. The van der Waals surface area contributed by atoms with Crippen LogP contribution in [-0.4, -0.2) is 0 Å². The fourth-order valence-electron chi connectivity index (χ4n) is 1.79. The van der Waals surface area contributed by atoms with E-state index in [2.05, 4.69) is 57.4 Å². The van der Waals surface area contributed by atoms with Crippen molar-refractivity contribution in [2.45, 2.75) is 40.2 Å². The van der Waals surface area contributed by atoms with Crippen LogP contribution in [-0.2, 0) is 6.42 Å². The SMILES string of the molecule is CCc1ccc(C(NN)C(C)(C)C)cc1. The monoisotopic (exact) mass is 206 g/mol. The smallest absolute Gasteiger partial charge is 0.0508 e. The molecule has 0 fully saturated rings. The zero-order valence-electron chi connectivity index (χ0n) is 10.2. The highest BCUT2D eigenvalue weighted by molar-refractivity contribution is 5.26. The van der Waals surface area contributed by atoms with Crippen LogP contribution in [0.5, 0.6) is 0 Å². The number of hydrogen-bond acceptors (Lipinski definition) is 2. The van der Waals surface area contributed by atoms with Crippen LogP contribution in [0.25, 0.3) is 0 Å². The minimum Gasteiger partial charge on any atom is -0.271 e. The molecule has 84 valence electrons. The first-order valence-corrected chi connectivity index (χ1v) is 5.54. The lowest BCUT2D eigenvalue weighted by molar-refractivity contribution is 0.275. The molecule has 0 aliphatic rings. The molecule has 0 radical (unpaired) electrons. The second kappa shape index (κ2) is 4.77. The average molecular weight is 206 g/mol. The lowest BCUT2D eigenvalue weighted by Crippen LogP contribution is -2.36. The van der Waals surface area contributed by atoms with Gasteiger partial charge in [0.1, 0.15) is 0 Å². The molecular weight excluding hydrogens is 184 g/mol. The Morgan fingerprint density at radius 2 is 1.73 bits per heavy atom. The van der Waals surface area contributed by atoms with Gasteiger partial charge in [0.2, 0.25) is 0 Å². The van der Waals surface area contributed by atoms with Crippen molar-refractivity contribution < 1.29 is 0 Å². The first-order chi connectivity index (χ1) is 6.99. The summed E-state index contributed by atoms with van der Waals surface area (Å²) in [5, 5.41) is 0. The van der Waals surface area contributed by atoms with Crippen molar-refractivity contribution in [1.29, 1.82) is 0 Å². The van der Waals surface area contributed by atoms with Gasteiger partial charge in [0.15, 0.2) is 0 Å². The zero-order chi connectivity index (χ0) is 11.5. The van der Waals surface area contributed by atoms with E-state index in [9.17, 15) is 0 Å². The fraction of sp³-hybridized carbons (Fsp3) is 0.538. The summed E-state index contributed by atoms with van der Waals surface area (Å²) in [7, 11) is 0. The highest BCUT2D eigenvalue weighted by Gasteiger charge is 2.24. The second-order valence-corrected chi connectivity index (χ2v) is 5.06. The quantitative estimate of drug-likeness (QED) is 0.589. The third-order valence-corrected chi connectivity index (χ3v) is 2.75. The summed E-state index contributed by atoms with van der Waals surface area (Å²) < 4.78 is 0. The topological polar surface area (TPSA) is 38.0 Å². The van der Waals surface area contributed by atoms with E-state index in [0.29, 0.717) is 0 Å². The summed E-state index contributed by atoms with van der Waals surface area (Å²) in [5.41, 5.74) is 5.64. The molecule has 0 spiro atoms. The Morgan fingerprint density at radius 3 is 2.07 bits per heavy atom. The first-order valence-electron chi connectivity index (χ1n) is 5.54. The molecule has 1 rings (SSSR count). The summed E-state index contributed by atoms with van der Waals surface area (Å²) in [5.74, 6) is 5.61. The van der Waals surface area contributed by atoms with Gasteiger partial charge in [0.25, 0.3) is 0 Å². The van der Waals surface area contributed by atoms with Gasteiger partial charge in [-0.1, -0.05) is 52.0 Å². The van der Waals surface area contributed by atoms with E-state index < -0.39 is 0 Å². The number of benzene rings is 1. The van der Waals surface area contributed by atoms with Crippen molar-refractivity contribution in [1.82, 2.24) is 5.43 Å². The summed E-state index contributed by atoms with van der Waals surface area (Å²) in [6.45, 7) is 8.72. The van der Waals surface area contributed by atoms with Gasteiger partial charge < -0.3 is 0 Å². The van der Waals surface area contributed by atoms with Crippen molar-refractivity contribution in [2.24, 2.45) is 11.3 Å². The Balaban J connectivity index is 2.93. The molecule has 0 amide bonds. The maximum atomic E-state index is 5.61. The van der Waals surface area contributed by atoms with Crippen molar-refractivity contribution in [2.75, 3.05) is 0 Å². The Labute approximate surface area is 92.8 Å². The molecule has 0 bridgehead atoms. The van der Waals surface area contributed by atoms with Gasteiger partial charge in [-0.15, -0.1) is 0 Å². The first kappa shape index (κ1) is 12.2. The number of hydrogen-bond donors (Lipinski definition) is 2. The maximum Gasteiger partial charge on any atom is 0.0508 e. The van der Waals surface area contributed by atoms with Gasteiger partial charge in [-0.25, -0.2) is 0 Å². The molecule has 1 aromatic carbocycles. The summed E-state index contributed by atoms with van der Waals surface area (Å²) in [4.78, 5) is 0. The van der Waals surface area contributed by atoms with Gasteiger partial charge in [-0.2, -0.15) is 0 Å². The molecule has 0 heterocycles. The van der Waals surface area contributed by atoms with E-state index in [4.69, 9.17) is 5.84 Å². The molecule has 1 unspecified atom stereocenters. The van der Waals surface area contributed by atoms with Gasteiger partial charge in [0.05, 0.1) is 6.04 Å². The molecule has 15 heavy (non-hydrogen) atoms. The molecule has 0 saturated carbocycles. The van der Waals surface area contributed by atoms with Gasteiger partial charge in [-0.05, 0) is 23.0 Å². The van der Waals surface area contributed by atoms with Gasteiger partial charge in [-0.3, -0.25) is 11.3 Å². The Hall–Kier alpha value is -0.860. The summed E-state index contributed by atoms with van der Waals surface area (Å²) in [6.07, 6.45) is 1.08. The van der Waals surface area contributed by atoms with E-state index in [1.807, 2.05) is 0 Å². The highest BCUT2D eigenvalue weighted by atomic mass is 15.2. The predicted octanol–water partition coefficient (Wildman–Crippen LogP) is 2.80. The summed E-state index contributed by atoms with van der Waals surface area (Å²) >= 11 is 0. The lowest BCUT2D eigenvalue weighted by atomic mass is 9.82. The normalized spacial score (nSPS) is 13.9. The molecule has 3 N–H and O–H groups in total. The van der Waals surface area contributed by atoms with Crippen molar-refractivity contribution in [3.63, 3.8) is 0 Å². The molecule has 0 saturated heterocycles. The Kier molecular flexibility index (Phi) is 3.89. The highest BCUT2D eigenvalue weighted by Crippen LogP contribution is 2.31. The van der Waals surface area contributed by atoms with E-state index >= 15 is 0 Å². The van der Waals surface area contributed by atoms with Crippen LogP contribution in [0.15, 0.2) is 24.3 Å². The largest absolute Gasteiger partial charge is 0.271 e. The fourth-order valence-corrected chi connectivity index (χ4v) is 1.79. The minimum atomic E-state index is 0.127. The van der Waals surface area contributed by atoms with Crippen LogP contribution in [0.2, 0.25) is 0 Å². The zero-order valence-corrected chi connectivity index (χ0v) is 10.2. The van der Waals surface area contributed by atoms with Crippen molar-refractivity contribution in [3.8, 4) is 0 Å². The number of nitrogens with two attached hydrogens (primary N) is 1. The van der Waals surface area contributed by atoms with Crippen LogP contribution in [0.3, 0.4) is 0 Å². The van der Waals surface area contributed by atoms with Crippen molar-refractivity contribution in [3.05, 3.63) is 35.4 Å². The molecule has 2 heteroatoms. The number of aryl methyl sites for hydroxylation is 1. The second-order valence-electron chi connectivity index (χ2n) is 5.06. The van der Waals surface area contributed by atoms with Crippen LogP contribution in [0, 0.1) is 5.41 Å². The minimum absolute atomic E-state index is 0.127. The lowest BCUT2D eigenvalue weighted by Gasteiger charge is -2.30. The standard InChI is InChI=1S/C13H22N2/c1-5-10-6-8-11(9-7-10)12(15-14)13(2,3)4/h6-9,12,15H,5,14H2,1-4H3. The molecule has 0 aromatic heterocycles. The third-order valence-electron chi connectivity index (χ3n) is 2.75. The molecule has 0 aliphatic carbocycles.